The molecule has 0 unspecified atom stereocenters. The molecule has 0 spiro atoms. The van der Waals surface area contributed by atoms with Crippen LogP contribution in [0.4, 0.5) is 5.69 Å². The first-order valence-corrected chi connectivity index (χ1v) is 21.4. The van der Waals surface area contributed by atoms with Crippen LogP contribution in [-0.2, 0) is 0 Å². The van der Waals surface area contributed by atoms with Crippen LogP contribution in [0, 0.1) is 0 Å². The quantitative estimate of drug-likeness (QED) is 0.217. The van der Waals surface area contributed by atoms with E-state index in [1.165, 1.54) is 47.9 Å². The molecular formula is C28H57KN4PSi2+3. The first-order valence-electron chi connectivity index (χ1n) is 13.3. The fourth-order valence-electron chi connectivity index (χ4n) is 4.66. The monoisotopic (exact) mass is 575 g/mol. The normalized spacial score (nSPS) is 12.6. The number of quaternary nitrogens is 3. The average Bonchev–Trinajstić information content (AvgIpc) is 2.72. The molecule has 0 atom stereocenters. The summed E-state index contributed by atoms with van der Waals surface area (Å²) < 4.78 is 0. The van der Waals surface area contributed by atoms with Crippen molar-refractivity contribution < 1.29 is 66.1 Å². The van der Waals surface area contributed by atoms with E-state index in [2.05, 4.69) is 130 Å². The van der Waals surface area contributed by atoms with Crippen LogP contribution in [0.15, 0.2) is 36.4 Å². The van der Waals surface area contributed by atoms with E-state index in [0.29, 0.717) is 0 Å². The van der Waals surface area contributed by atoms with Crippen molar-refractivity contribution in [3.8, 4) is 0 Å². The van der Waals surface area contributed by atoms with Crippen LogP contribution < -0.4 is 76.3 Å². The van der Waals surface area contributed by atoms with Gasteiger partial charge >= 0.3 is 51.4 Å². The zero-order valence-corrected chi connectivity index (χ0v) is 32.3. The summed E-state index contributed by atoms with van der Waals surface area (Å²) >= 11 is 0. The van der Waals surface area contributed by atoms with Crippen molar-refractivity contribution >= 4 is 46.5 Å². The van der Waals surface area contributed by atoms with Gasteiger partial charge in [0.05, 0.1) is 35.2 Å². The van der Waals surface area contributed by atoms with E-state index < -0.39 is 16.1 Å². The van der Waals surface area contributed by atoms with Crippen LogP contribution in [0.2, 0.25) is 39.3 Å². The average molecular weight is 576 g/mol. The zero-order chi connectivity index (χ0) is 27.0. The molecular weight excluding hydrogens is 519 g/mol. The van der Waals surface area contributed by atoms with Crippen LogP contribution in [-0.4, -0.2) is 96.6 Å². The van der Waals surface area contributed by atoms with Gasteiger partial charge in [-0.25, -0.2) is 0 Å². The fourth-order valence-corrected chi connectivity index (χ4v) is 19.8. The molecule has 200 valence electrons. The minimum atomic E-state index is -1.20. The Morgan fingerprint density at radius 2 is 1.17 bits per heavy atom. The van der Waals surface area contributed by atoms with Crippen LogP contribution in [0.3, 0.4) is 0 Å². The van der Waals surface area contributed by atoms with Crippen molar-refractivity contribution in [3.63, 3.8) is 0 Å². The van der Waals surface area contributed by atoms with Crippen molar-refractivity contribution in [2.45, 2.75) is 44.2 Å². The van der Waals surface area contributed by atoms with Crippen molar-refractivity contribution in [2.75, 3.05) is 80.4 Å². The molecule has 0 amide bonds. The molecule has 0 heterocycles. The Hall–Kier alpha value is 0.880. The predicted octanol–water partition coefficient (Wildman–Crippen LogP) is -1.61. The standard InChI is InChI=1S/C19H31NPSi2.C9H23N3.K/c1-20(2)16-13-9-11-15-12-10-14-17(18(15)16)21-19(22(3,4)5)23(6,7)8;1-10(2)6-8-12(5)9-7-11(3)4;/h9-14,19H,1-8H3;6-9H2,1-5H3;/q-1;;+1/p+3. The Labute approximate surface area is 270 Å². The smallest absolute Gasteiger partial charge is 0.508 e. The first kappa shape index (κ1) is 36.9. The van der Waals surface area contributed by atoms with Crippen molar-refractivity contribution in [1.82, 2.24) is 0 Å². The Kier molecular flexibility index (Phi) is 17.3. The summed E-state index contributed by atoms with van der Waals surface area (Å²) in [5, 5.41) is 4.33. The maximum Gasteiger partial charge on any atom is 1.00 e. The molecule has 0 aliphatic heterocycles. The second kappa shape index (κ2) is 16.9. The molecule has 0 aliphatic carbocycles. The maximum atomic E-state index is 2.54. The van der Waals surface area contributed by atoms with Gasteiger partial charge in [-0.05, 0) is 16.8 Å². The van der Waals surface area contributed by atoms with Gasteiger partial charge in [-0.1, -0.05) is 69.6 Å². The van der Waals surface area contributed by atoms with Gasteiger partial charge in [0.25, 0.3) is 0 Å². The molecule has 2 aromatic rings. The van der Waals surface area contributed by atoms with Crippen LogP contribution >= 0.6 is 8.58 Å². The summed E-state index contributed by atoms with van der Waals surface area (Å²) in [6, 6.07) is 13.5. The molecule has 0 saturated heterocycles. The summed E-state index contributed by atoms with van der Waals surface area (Å²) in [5.41, 5.74) is 1.34. The van der Waals surface area contributed by atoms with Crippen LogP contribution in [0.25, 0.3) is 10.8 Å². The Balaban J connectivity index is 0.000000807. The second-order valence-corrected chi connectivity index (χ2v) is 26.6. The molecule has 2 aromatic carbocycles. The third-order valence-electron chi connectivity index (χ3n) is 6.35. The second-order valence-electron chi connectivity index (χ2n) is 13.2. The van der Waals surface area contributed by atoms with Gasteiger partial charge < -0.3 is 28.2 Å². The topological polar surface area (TPSA) is 16.6 Å². The number of fused-ring (bicyclic) bond motifs is 1. The van der Waals surface area contributed by atoms with Gasteiger partial charge in [0.1, 0.15) is 26.2 Å². The summed E-state index contributed by atoms with van der Waals surface area (Å²) in [7, 11) is 14.6. The van der Waals surface area contributed by atoms with E-state index in [-0.39, 0.29) is 51.4 Å². The number of anilines is 1. The maximum absolute atomic E-state index is 2.54. The van der Waals surface area contributed by atoms with Gasteiger partial charge in [0.2, 0.25) is 0 Å². The van der Waals surface area contributed by atoms with Crippen molar-refractivity contribution in [3.05, 3.63) is 36.4 Å². The van der Waals surface area contributed by atoms with Crippen LogP contribution in [0.1, 0.15) is 0 Å². The Bertz CT molecular complexity index is 864. The summed E-state index contributed by atoms with van der Waals surface area (Å²) in [6.07, 6.45) is 0. The van der Waals surface area contributed by atoms with E-state index in [0.717, 1.165) is 4.91 Å². The SMILES string of the molecule is CN(C)c1cccc2cccc([P-]C([Si](C)(C)C)[Si](C)(C)C)c12.C[NH+](C)CC[NH+](C)CC[NH+](C)C.[K+]. The molecule has 0 aliphatic rings. The molecule has 4 nitrogen and oxygen atoms in total. The Morgan fingerprint density at radius 3 is 1.56 bits per heavy atom. The van der Waals surface area contributed by atoms with E-state index in [1.54, 1.807) is 23.3 Å². The van der Waals surface area contributed by atoms with Gasteiger partial charge in [-0.2, -0.15) is 10.2 Å². The van der Waals surface area contributed by atoms with Crippen molar-refractivity contribution in [1.29, 1.82) is 0 Å². The van der Waals surface area contributed by atoms with E-state index >= 15 is 0 Å². The number of nitrogens with one attached hydrogen (secondary N) is 3. The first-order chi connectivity index (χ1) is 16.0. The van der Waals surface area contributed by atoms with Crippen molar-refractivity contribution in [2.24, 2.45) is 0 Å². The van der Waals surface area contributed by atoms with Crippen LogP contribution in [0.5, 0.6) is 0 Å². The number of likely N-dealkylation sites (N-methyl/N-ethyl adjacent to an activating group) is 3. The van der Waals surface area contributed by atoms with Gasteiger partial charge in [-0.3, -0.25) is 0 Å². The van der Waals surface area contributed by atoms with E-state index in [1.807, 2.05) is 0 Å². The summed E-state index contributed by atoms with van der Waals surface area (Å²) in [4.78, 5) is 7.87. The molecule has 0 aromatic heterocycles. The third kappa shape index (κ3) is 13.3. The Morgan fingerprint density at radius 1 is 0.722 bits per heavy atom. The molecule has 0 bridgehead atoms. The largest absolute Gasteiger partial charge is 1.00 e. The predicted molar refractivity (Wildman–Crippen MR) is 167 cm³/mol. The minimum Gasteiger partial charge on any atom is -0.508 e. The molecule has 36 heavy (non-hydrogen) atoms. The van der Waals surface area contributed by atoms with Gasteiger partial charge in [0.15, 0.2) is 0 Å². The van der Waals surface area contributed by atoms with Gasteiger partial charge in [-0.15, -0.1) is 0 Å². The number of benzene rings is 2. The fraction of sp³-hybridized carbons (Fsp3) is 0.643. The molecule has 8 heteroatoms. The zero-order valence-electron chi connectivity index (χ0n) is 26.3. The van der Waals surface area contributed by atoms with Gasteiger partial charge in [0, 0.05) is 35.9 Å². The molecule has 3 N–H and O–H groups in total. The summed E-state index contributed by atoms with van der Waals surface area (Å²) in [5.74, 6) is 0. The molecule has 0 radical (unpaired) electrons. The molecule has 0 fully saturated rings. The summed E-state index contributed by atoms with van der Waals surface area (Å²) in [6.45, 7) is 20.4. The number of hydrogen-bond acceptors (Lipinski definition) is 1. The van der Waals surface area contributed by atoms with E-state index in [9.17, 15) is 0 Å². The minimum absolute atomic E-state index is 0. The number of hydrogen-bond donors (Lipinski definition) is 3. The molecule has 2 rings (SSSR count). The number of rotatable bonds is 11. The van der Waals surface area contributed by atoms with E-state index in [4.69, 9.17) is 0 Å². The number of nitrogens with zero attached hydrogens (tertiary/aromatic N) is 1. The third-order valence-corrected chi connectivity index (χ3v) is 21.2. The molecule has 0 saturated carbocycles.